The molecule has 12 atom stereocenters. The van der Waals surface area contributed by atoms with E-state index in [1.165, 1.54) is 82.9 Å². The summed E-state index contributed by atoms with van der Waals surface area (Å²) in [4.78, 5) is 11.7. The first-order chi connectivity index (χ1) is 23.3. The summed E-state index contributed by atoms with van der Waals surface area (Å²) >= 11 is 1.43. The Morgan fingerprint density at radius 2 is 1.82 bits per heavy atom. The zero-order valence-corrected chi connectivity index (χ0v) is 32.6. The van der Waals surface area contributed by atoms with Crippen molar-refractivity contribution in [2.75, 3.05) is 19.0 Å². The van der Waals surface area contributed by atoms with Gasteiger partial charge in [-0.2, -0.15) is 0 Å². The van der Waals surface area contributed by atoms with Crippen molar-refractivity contribution in [3.05, 3.63) is 11.6 Å². The SMILES string of the molecule is CC(=O)N[C@@]1(O)C[C@@H](O)[C@@H](CO)O[C@H]1SCCCCCCOC1CC[C@@]2(C)C(=CCC3C2CC[C@@]2(C)C3CC[C@@H]2[C@H](C)CCCC(C)C)C1. The number of aliphatic hydroxyl groups excluding tert-OH is 2. The first-order valence-corrected chi connectivity index (χ1v) is 21.2. The van der Waals surface area contributed by atoms with Gasteiger partial charge in [0, 0.05) is 20.0 Å². The second-order valence-electron chi connectivity index (χ2n) is 17.9. The maximum atomic E-state index is 11.7. The Kier molecular flexibility index (Phi) is 13.7. The van der Waals surface area contributed by atoms with Crippen LogP contribution in [0.5, 0.6) is 0 Å². The van der Waals surface area contributed by atoms with E-state index in [2.05, 4.69) is 46.0 Å². The Labute approximate surface area is 302 Å². The molecule has 4 unspecified atom stereocenters. The van der Waals surface area contributed by atoms with Crippen LogP contribution >= 0.6 is 11.8 Å². The maximum Gasteiger partial charge on any atom is 0.219 e. The van der Waals surface area contributed by atoms with E-state index in [4.69, 9.17) is 9.47 Å². The molecule has 4 N–H and O–H groups in total. The number of unbranched alkanes of at least 4 members (excludes halogenated alkanes) is 3. The lowest BCUT2D eigenvalue weighted by molar-refractivity contribution is -0.205. The average molecular weight is 706 g/mol. The van der Waals surface area contributed by atoms with Gasteiger partial charge in [0.1, 0.15) is 6.10 Å². The fourth-order valence-electron chi connectivity index (χ4n) is 11.5. The minimum Gasteiger partial charge on any atom is -0.394 e. The Hall–Kier alpha value is -0.640. The highest BCUT2D eigenvalue weighted by atomic mass is 32.2. The van der Waals surface area contributed by atoms with Gasteiger partial charge in [-0.1, -0.05) is 78.4 Å². The Morgan fingerprint density at radius 1 is 1.04 bits per heavy atom. The molecule has 4 fully saturated rings. The van der Waals surface area contributed by atoms with Gasteiger partial charge in [-0.3, -0.25) is 4.79 Å². The van der Waals surface area contributed by atoms with Crippen LogP contribution in [0.3, 0.4) is 0 Å². The fraction of sp³-hybridized carbons (Fsp3) is 0.927. The number of nitrogens with one attached hydrogen (secondary N) is 1. The van der Waals surface area contributed by atoms with Gasteiger partial charge >= 0.3 is 0 Å². The fourth-order valence-corrected chi connectivity index (χ4v) is 12.7. The molecule has 3 saturated carbocycles. The molecule has 1 amide bonds. The molecule has 7 nitrogen and oxygen atoms in total. The van der Waals surface area contributed by atoms with Gasteiger partial charge in [-0.15, -0.1) is 11.8 Å². The molecule has 5 rings (SSSR count). The third-order valence-electron chi connectivity index (χ3n) is 14.1. The van der Waals surface area contributed by atoms with Crippen LogP contribution in [0.1, 0.15) is 144 Å². The molecule has 1 saturated heterocycles. The van der Waals surface area contributed by atoms with Gasteiger partial charge < -0.3 is 30.1 Å². The minimum absolute atomic E-state index is 0.0657. The maximum absolute atomic E-state index is 11.7. The number of carbonyl (C=O) groups excluding carboxylic acids is 1. The summed E-state index contributed by atoms with van der Waals surface area (Å²) in [6.45, 7) is 14.5. The van der Waals surface area contributed by atoms with Gasteiger partial charge in [0.15, 0.2) is 11.2 Å². The van der Waals surface area contributed by atoms with E-state index in [1.807, 2.05) is 0 Å². The molecule has 5 aliphatic rings. The molecule has 0 aromatic heterocycles. The Balaban J connectivity index is 1.02. The van der Waals surface area contributed by atoms with E-state index in [1.54, 1.807) is 5.57 Å². The van der Waals surface area contributed by atoms with E-state index < -0.39 is 23.4 Å². The highest BCUT2D eigenvalue weighted by molar-refractivity contribution is 7.99. The van der Waals surface area contributed by atoms with Crippen LogP contribution in [0.15, 0.2) is 11.6 Å². The van der Waals surface area contributed by atoms with E-state index in [0.29, 0.717) is 16.9 Å². The van der Waals surface area contributed by atoms with E-state index in [9.17, 15) is 20.1 Å². The second kappa shape index (κ2) is 17.0. The number of allylic oxidation sites excluding steroid dienone is 1. The minimum atomic E-state index is -1.65. The van der Waals surface area contributed by atoms with Gasteiger partial charge in [0.2, 0.25) is 5.91 Å². The predicted octanol–water partition coefficient (Wildman–Crippen LogP) is 8.00. The summed E-state index contributed by atoms with van der Waals surface area (Å²) in [6.07, 6.45) is 20.2. The van der Waals surface area contributed by atoms with E-state index in [-0.39, 0.29) is 18.9 Å². The first kappa shape index (κ1) is 39.6. The summed E-state index contributed by atoms with van der Waals surface area (Å²) in [5.74, 6) is 5.64. The molecule has 0 aromatic carbocycles. The second-order valence-corrected chi connectivity index (χ2v) is 19.0. The van der Waals surface area contributed by atoms with Crippen LogP contribution in [0.2, 0.25) is 0 Å². The first-order valence-electron chi connectivity index (χ1n) is 20.2. The number of aliphatic hydroxyl groups is 3. The van der Waals surface area contributed by atoms with Crippen molar-refractivity contribution in [3.63, 3.8) is 0 Å². The van der Waals surface area contributed by atoms with E-state index >= 15 is 0 Å². The smallest absolute Gasteiger partial charge is 0.219 e. The highest BCUT2D eigenvalue weighted by Crippen LogP contribution is 2.67. The van der Waals surface area contributed by atoms with Crippen molar-refractivity contribution < 1.29 is 29.6 Å². The molecule has 0 spiro atoms. The number of hydrogen-bond acceptors (Lipinski definition) is 7. The summed E-state index contributed by atoms with van der Waals surface area (Å²) in [7, 11) is 0. The van der Waals surface area contributed by atoms with Crippen LogP contribution < -0.4 is 5.32 Å². The van der Waals surface area contributed by atoms with Gasteiger partial charge in [-0.05, 0) is 116 Å². The zero-order chi connectivity index (χ0) is 35.4. The van der Waals surface area contributed by atoms with Crippen LogP contribution in [-0.2, 0) is 14.3 Å². The monoisotopic (exact) mass is 706 g/mol. The van der Waals surface area contributed by atoms with Crippen molar-refractivity contribution in [3.8, 4) is 0 Å². The third-order valence-corrected chi connectivity index (χ3v) is 15.5. The summed E-state index contributed by atoms with van der Waals surface area (Å²) in [5, 5.41) is 33.3. The van der Waals surface area contributed by atoms with Gasteiger partial charge in [0.05, 0.1) is 18.8 Å². The van der Waals surface area contributed by atoms with E-state index in [0.717, 1.165) is 80.0 Å². The number of ether oxygens (including phenoxy) is 2. The van der Waals surface area contributed by atoms with Crippen LogP contribution in [0, 0.1) is 46.3 Å². The van der Waals surface area contributed by atoms with Crippen LogP contribution in [-0.4, -0.2) is 69.7 Å². The normalized spacial score (nSPS) is 41.1. The standard InChI is InChI=1S/C41H71NO6S/c1-27(2)12-11-13-28(3)33-16-17-34-32-15-14-30-24-31(18-20-39(30,5)35(32)19-21-40(33,34)6)47-22-9-7-8-10-23-49-38-41(46,42-29(4)44)25-36(45)37(26-43)48-38/h14,27-28,31-38,43,45-46H,7-13,15-26H2,1-6H3,(H,42,44)/t28-,31?,32?,33-,34?,35?,36-,37-,38+,39+,40-,41-/m1/s1. The van der Waals surface area contributed by atoms with Crippen molar-refractivity contribution in [2.24, 2.45) is 46.3 Å². The molecule has 4 aliphatic carbocycles. The molecular formula is C41H71NO6S. The summed E-state index contributed by atoms with van der Waals surface area (Å²) < 4.78 is 12.3. The van der Waals surface area contributed by atoms with Crippen molar-refractivity contribution in [1.29, 1.82) is 0 Å². The Morgan fingerprint density at radius 3 is 2.55 bits per heavy atom. The lowest BCUT2D eigenvalue weighted by Crippen LogP contribution is -2.63. The molecule has 8 heteroatoms. The predicted molar refractivity (Wildman–Crippen MR) is 199 cm³/mol. The van der Waals surface area contributed by atoms with Crippen molar-refractivity contribution >= 4 is 17.7 Å². The molecule has 49 heavy (non-hydrogen) atoms. The summed E-state index contributed by atoms with van der Waals surface area (Å²) in [5.41, 5.74) is 0.241. The number of thioether (sulfide) groups is 1. The average Bonchev–Trinajstić information content (AvgIpc) is 3.40. The largest absolute Gasteiger partial charge is 0.394 e. The summed E-state index contributed by atoms with van der Waals surface area (Å²) in [6, 6.07) is 0. The van der Waals surface area contributed by atoms with Gasteiger partial charge in [-0.25, -0.2) is 0 Å². The van der Waals surface area contributed by atoms with Crippen LogP contribution in [0.4, 0.5) is 0 Å². The van der Waals surface area contributed by atoms with Crippen molar-refractivity contribution in [2.45, 2.75) is 174 Å². The molecule has 0 radical (unpaired) electrons. The molecular weight excluding hydrogens is 635 g/mol. The number of carbonyl (C=O) groups is 1. The molecule has 0 aromatic rings. The lowest BCUT2D eigenvalue weighted by atomic mass is 9.47. The Bertz CT molecular complexity index is 1120. The number of fused-ring (bicyclic) bond motifs is 5. The quantitative estimate of drug-likeness (QED) is 0.0733. The van der Waals surface area contributed by atoms with Gasteiger partial charge in [0.25, 0.3) is 0 Å². The van der Waals surface area contributed by atoms with Crippen molar-refractivity contribution in [1.82, 2.24) is 5.32 Å². The van der Waals surface area contributed by atoms with Crippen LogP contribution in [0.25, 0.3) is 0 Å². The lowest BCUT2D eigenvalue weighted by Gasteiger charge is -2.58. The molecule has 282 valence electrons. The number of hydrogen-bond donors (Lipinski definition) is 4. The third kappa shape index (κ3) is 8.95. The topological polar surface area (TPSA) is 108 Å². The number of amides is 1. The highest BCUT2D eigenvalue weighted by Gasteiger charge is 2.59. The molecule has 1 heterocycles. The number of rotatable bonds is 16. The molecule has 1 aliphatic heterocycles. The zero-order valence-electron chi connectivity index (χ0n) is 31.8. The molecule has 0 bridgehead atoms.